The highest BCUT2D eigenvalue weighted by atomic mass is 35.5. The number of aromatic nitrogens is 2. The van der Waals surface area contributed by atoms with Gasteiger partial charge in [0.1, 0.15) is 12.4 Å². The van der Waals surface area contributed by atoms with Crippen LogP contribution in [0.5, 0.6) is 5.75 Å². The number of nitrogens with zero attached hydrogens (tertiary/aromatic N) is 4. The second kappa shape index (κ2) is 9.18. The molecule has 1 amide bonds. The van der Waals surface area contributed by atoms with Gasteiger partial charge in [-0.05, 0) is 42.5 Å². The molecule has 4 rings (SSSR count). The highest BCUT2D eigenvalue weighted by Gasteiger charge is 2.23. The summed E-state index contributed by atoms with van der Waals surface area (Å²) < 4.78 is 8.22. The van der Waals surface area contributed by atoms with Gasteiger partial charge in [0.05, 0.1) is 10.9 Å². The summed E-state index contributed by atoms with van der Waals surface area (Å²) in [6, 6.07) is 12.2. The topological polar surface area (TPSA) is 76.8 Å². The van der Waals surface area contributed by atoms with Gasteiger partial charge in [0.15, 0.2) is 0 Å². The number of piperazine rings is 1. The van der Waals surface area contributed by atoms with Crippen molar-refractivity contribution in [3.05, 3.63) is 73.9 Å². The van der Waals surface area contributed by atoms with Crippen LogP contribution < -0.4 is 16.0 Å². The molecule has 1 aromatic heterocycles. The van der Waals surface area contributed by atoms with Crippen LogP contribution in [0.4, 0.5) is 0 Å². The quantitative estimate of drug-likeness (QED) is 0.584. The zero-order chi connectivity index (χ0) is 22.8. The molecule has 0 spiro atoms. The van der Waals surface area contributed by atoms with E-state index in [0.717, 1.165) is 30.0 Å². The van der Waals surface area contributed by atoms with E-state index in [9.17, 15) is 14.4 Å². The number of amides is 1. The average Bonchev–Trinajstić information content (AvgIpc) is 2.82. The molecule has 1 fully saturated rings. The average molecular weight is 457 g/mol. The smallest absolute Gasteiger partial charge is 0.330 e. The molecule has 0 atom stereocenters. The van der Waals surface area contributed by atoms with Gasteiger partial charge in [0, 0.05) is 57.4 Å². The van der Waals surface area contributed by atoms with Crippen LogP contribution >= 0.6 is 11.6 Å². The molecule has 1 aliphatic heterocycles. The van der Waals surface area contributed by atoms with Crippen molar-refractivity contribution in [2.75, 3.05) is 39.3 Å². The highest BCUT2D eigenvalue weighted by Crippen LogP contribution is 2.16. The molecule has 0 aliphatic carbocycles. The predicted molar refractivity (Wildman–Crippen MR) is 124 cm³/mol. The third-order valence-electron chi connectivity index (χ3n) is 5.86. The molecule has 168 valence electrons. The van der Waals surface area contributed by atoms with Crippen molar-refractivity contribution in [2.45, 2.75) is 0 Å². The van der Waals surface area contributed by atoms with Crippen molar-refractivity contribution < 1.29 is 9.53 Å². The van der Waals surface area contributed by atoms with Gasteiger partial charge in [-0.2, -0.15) is 0 Å². The number of fused-ring (bicyclic) bond motifs is 1. The fourth-order valence-electron chi connectivity index (χ4n) is 3.91. The van der Waals surface area contributed by atoms with E-state index < -0.39 is 11.2 Å². The van der Waals surface area contributed by atoms with Crippen LogP contribution in [0.1, 0.15) is 10.4 Å². The summed E-state index contributed by atoms with van der Waals surface area (Å²) in [5.74, 6) is 0.669. The van der Waals surface area contributed by atoms with Crippen LogP contribution in [0.15, 0.2) is 52.1 Å². The van der Waals surface area contributed by atoms with Crippen molar-refractivity contribution in [1.82, 2.24) is 18.9 Å². The number of carbonyl (C=O) groups excluding carboxylic acids is 1. The third kappa shape index (κ3) is 4.42. The van der Waals surface area contributed by atoms with E-state index in [0.29, 0.717) is 41.2 Å². The Morgan fingerprint density at radius 3 is 2.34 bits per heavy atom. The highest BCUT2D eigenvalue weighted by molar-refractivity contribution is 6.30. The minimum atomic E-state index is -0.400. The number of hydrogen-bond donors (Lipinski definition) is 0. The van der Waals surface area contributed by atoms with Crippen molar-refractivity contribution >= 4 is 28.4 Å². The summed E-state index contributed by atoms with van der Waals surface area (Å²) in [6.07, 6.45) is 0. The minimum Gasteiger partial charge on any atom is -0.492 e. The zero-order valence-electron chi connectivity index (χ0n) is 18.1. The first kappa shape index (κ1) is 22.1. The normalized spacial score (nSPS) is 14.7. The number of ether oxygens (including phenoxy) is 1. The van der Waals surface area contributed by atoms with Crippen molar-refractivity contribution in [1.29, 1.82) is 0 Å². The van der Waals surface area contributed by atoms with Crippen LogP contribution in [0.25, 0.3) is 10.9 Å². The molecule has 8 nitrogen and oxygen atoms in total. The molecule has 0 N–H and O–H groups in total. The molecule has 0 radical (unpaired) electrons. The van der Waals surface area contributed by atoms with E-state index in [1.54, 1.807) is 42.3 Å². The van der Waals surface area contributed by atoms with Crippen LogP contribution in [0.3, 0.4) is 0 Å². The number of carbonyl (C=O) groups is 1. The molecule has 9 heteroatoms. The lowest BCUT2D eigenvalue weighted by Gasteiger charge is -2.34. The molecular formula is C23H25ClN4O4. The third-order valence-corrected chi connectivity index (χ3v) is 6.12. The first-order chi connectivity index (χ1) is 15.3. The molecular weight excluding hydrogens is 432 g/mol. The van der Waals surface area contributed by atoms with Crippen molar-refractivity contribution in [3.8, 4) is 5.75 Å². The monoisotopic (exact) mass is 456 g/mol. The lowest BCUT2D eigenvalue weighted by molar-refractivity contribution is 0.0620. The molecule has 0 saturated carbocycles. The number of aryl methyl sites for hydroxylation is 1. The maximum Gasteiger partial charge on any atom is 0.330 e. The van der Waals surface area contributed by atoms with Crippen LogP contribution in [0.2, 0.25) is 5.02 Å². The minimum absolute atomic E-state index is 0.111. The Balaban J connectivity index is 1.37. The molecule has 32 heavy (non-hydrogen) atoms. The molecule has 1 saturated heterocycles. The number of benzene rings is 2. The van der Waals surface area contributed by atoms with Crippen LogP contribution in [-0.2, 0) is 14.1 Å². The van der Waals surface area contributed by atoms with E-state index in [-0.39, 0.29) is 5.91 Å². The number of rotatable bonds is 5. The predicted octanol–water partition coefficient (Wildman–Crippen LogP) is 1.73. The zero-order valence-corrected chi connectivity index (χ0v) is 18.8. The maximum atomic E-state index is 13.0. The van der Waals surface area contributed by atoms with E-state index in [2.05, 4.69) is 4.90 Å². The van der Waals surface area contributed by atoms with Gasteiger partial charge < -0.3 is 9.64 Å². The van der Waals surface area contributed by atoms with Crippen molar-refractivity contribution in [2.24, 2.45) is 14.1 Å². The number of halogens is 1. The van der Waals surface area contributed by atoms with Gasteiger partial charge in [-0.1, -0.05) is 11.6 Å². The van der Waals surface area contributed by atoms with E-state index >= 15 is 0 Å². The largest absolute Gasteiger partial charge is 0.492 e. The van der Waals surface area contributed by atoms with E-state index in [4.69, 9.17) is 16.3 Å². The molecule has 2 heterocycles. The first-order valence-corrected chi connectivity index (χ1v) is 10.8. The summed E-state index contributed by atoms with van der Waals surface area (Å²) in [7, 11) is 3.05. The van der Waals surface area contributed by atoms with Gasteiger partial charge in [-0.25, -0.2) is 4.79 Å². The Hall–Kier alpha value is -3.10. The standard InChI is InChI=1S/C23H25ClN4O4/c1-25-20-8-3-16(15-19(20)22(30)26(2)23(25)31)21(29)28-11-9-27(10-12-28)13-14-32-18-6-4-17(24)5-7-18/h3-8,15H,9-14H2,1-2H3. The Labute approximate surface area is 190 Å². The molecule has 0 bridgehead atoms. The van der Waals surface area contributed by atoms with Crippen LogP contribution in [0, 0.1) is 0 Å². The molecule has 0 unspecified atom stereocenters. The van der Waals surface area contributed by atoms with Gasteiger partial charge in [-0.3, -0.25) is 23.6 Å². The molecule has 2 aromatic carbocycles. The Morgan fingerprint density at radius 1 is 0.969 bits per heavy atom. The lowest BCUT2D eigenvalue weighted by Crippen LogP contribution is -2.49. The maximum absolute atomic E-state index is 13.0. The van der Waals surface area contributed by atoms with Crippen LogP contribution in [-0.4, -0.2) is 64.2 Å². The summed E-state index contributed by atoms with van der Waals surface area (Å²) in [5.41, 5.74) is 0.175. The Kier molecular flexibility index (Phi) is 6.34. The number of hydrogen-bond acceptors (Lipinski definition) is 5. The second-order valence-corrected chi connectivity index (χ2v) is 8.31. The lowest BCUT2D eigenvalue weighted by atomic mass is 10.1. The summed E-state index contributed by atoms with van der Waals surface area (Å²) in [4.78, 5) is 41.7. The molecule has 3 aromatic rings. The summed E-state index contributed by atoms with van der Waals surface area (Å²) in [5, 5.41) is 1.03. The Morgan fingerprint density at radius 2 is 1.66 bits per heavy atom. The van der Waals surface area contributed by atoms with Gasteiger partial charge >= 0.3 is 5.69 Å². The van der Waals surface area contributed by atoms with Gasteiger partial charge in [-0.15, -0.1) is 0 Å². The Bertz CT molecular complexity index is 1260. The van der Waals surface area contributed by atoms with E-state index in [1.807, 2.05) is 12.1 Å². The first-order valence-electron chi connectivity index (χ1n) is 10.4. The fourth-order valence-corrected chi connectivity index (χ4v) is 4.03. The summed E-state index contributed by atoms with van der Waals surface area (Å²) >= 11 is 5.88. The fraction of sp³-hybridized carbons (Fsp3) is 0.348. The van der Waals surface area contributed by atoms with Gasteiger partial charge in [0.2, 0.25) is 0 Å². The SMILES string of the molecule is Cn1c(=O)c2cc(C(=O)N3CCN(CCOc4ccc(Cl)cc4)CC3)ccc2n(C)c1=O. The second-order valence-electron chi connectivity index (χ2n) is 7.87. The van der Waals surface area contributed by atoms with Crippen molar-refractivity contribution in [3.63, 3.8) is 0 Å². The molecule has 1 aliphatic rings. The van der Waals surface area contributed by atoms with E-state index in [1.165, 1.54) is 11.6 Å². The summed E-state index contributed by atoms with van der Waals surface area (Å²) in [6.45, 7) is 4.03. The van der Waals surface area contributed by atoms with Gasteiger partial charge in [0.25, 0.3) is 11.5 Å².